The van der Waals surface area contributed by atoms with E-state index in [1.165, 1.54) is 0 Å². The lowest BCUT2D eigenvalue weighted by Gasteiger charge is -2.12. The number of rotatable bonds is 2. The Morgan fingerprint density at radius 2 is 1.56 bits per heavy atom. The first-order valence-electron chi connectivity index (χ1n) is 8.12. The SMILES string of the molecule is Cc1cc2c(c(C)c1N)c(C)c(C)n2Cc1ccc(C(F)(F)F)cc1. The molecule has 0 aliphatic rings. The van der Waals surface area contributed by atoms with Crippen LogP contribution in [-0.4, -0.2) is 4.57 Å². The summed E-state index contributed by atoms with van der Waals surface area (Å²) in [5, 5.41) is 1.13. The van der Waals surface area contributed by atoms with E-state index in [4.69, 9.17) is 5.73 Å². The molecule has 0 saturated heterocycles. The number of hydrogen-bond acceptors (Lipinski definition) is 1. The van der Waals surface area contributed by atoms with Crippen LogP contribution in [0.3, 0.4) is 0 Å². The van der Waals surface area contributed by atoms with Gasteiger partial charge in [0.05, 0.1) is 5.56 Å². The van der Waals surface area contributed by atoms with Gasteiger partial charge in [0.1, 0.15) is 0 Å². The number of alkyl halides is 3. The molecular weight excluding hydrogens is 325 g/mol. The molecule has 0 unspecified atom stereocenters. The van der Waals surface area contributed by atoms with E-state index in [-0.39, 0.29) is 0 Å². The predicted molar refractivity (Wildman–Crippen MR) is 95.8 cm³/mol. The fourth-order valence-corrected chi connectivity index (χ4v) is 3.41. The molecule has 0 atom stereocenters. The molecule has 3 aromatic rings. The molecule has 0 spiro atoms. The first-order valence-corrected chi connectivity index (χ1v) is 8.12. The highest BCUT2D eigenvalue weighted by atomic mass is 19.4. The van der Waals surface area contributed by atoms with Crippen LogP contribution in [-0.2, 0) is 12.7 Å². The zero-order valence-corrected chi connectivity index (χ0v) is 14.8. The molecule has 0 saturated carbocycles. The van der Waals surface area contributed by atoms with Crippen LogP contribution < -0.4 is 5.73 Å². The second-order valence-corrected chi connectivity index (χ2v) is 6.62. The molecule has 5 heteroatoms. The van der Waals surface area contributed by atoms with Gasteiger partial charge in [0.25, 0.3) is 0 Å². The molecule has 0 fully saturated rings. The summed E-state index contributed by atoms with van der Waals surface area (Å²) in [6, 6.07) is 7.41. The summed E-state index contributed by atoms with van der Waals surface area (Å²) in [5.41, 5.74) is 12.6. The maximum Gasteiger partial charge on any atom is 0.416 e. The molecule has 1 heterocycles. The van der Waals surface area contributed by atoms with Crippen molar-refractivity contribution in [1.82, 2.24) is 4.57 Å². The van der Waals surface area contributed by atoms with Gasteiger partial charge >= 0.3 is 6.18 Å². The van der Waals surface area contributed by atoms with Gasteiger partial charge in [-0.05, 0) is 68.1 Å². The first-order chi connectivity index (χ1) is 11.6. The number of aryl methyl sites for hydroxylation is 3. The molecule has 3 rings (SSSR count). The van der Waals surface area contributed by atoms with Crippen molar-refractivity contribution in [2.75, 3.05) is 5.73 Å². The van der Waals surface area contributed by atoms with E-state index in [0.29, 0.717) is 6.54 Å². The van der Waals surface area contributed by atoms with Gasteiger partial charge in [-0.1, -0.05) is 12.1 Å². The van der Waals surface area contributed by atoms with Crippen LogP contribution in [0, 0.1) is 27.7 Å². The molecule has 132 valence electrons. The summed E-state index contributed by atoms with van der Waals surface area (Å²) in [7, 11) is 0. The van der Waals surface area contributed by atoms with Crippen molar-refractivity contribution in [2.45, 2.75) is 40.4 Å². The van der Waals surface area contributed by atoms with Crippen LogP contribution in [0.4, 0.5) is 18.9 Å². The number of anilines is 1. The number of aromatic nitrogens is 1. The third kappa shape index (κ3) is 2.88. The van der Waals surface area contributed by atoms with Crippen molar-refractivity contribution in [3.63, 3.8) is 0 Å². The standard InChI is InChI=1S/C20H21F3N2/c1-11-9-17-18(13(3)19(11)24)12(2)14(4)25(17)10-15-5-7-16(8-6-15)20(21,22)23/h5-9H,10,24H2,1-4H3. The molecule has 2 nitrogen and oxygen atoms in total. The maximum absolute atomic E-state index is 12.7. The summed E-state index contributed by atoms with van der Waals surface area (Å²) in [5.74, 6) is 0. The fourth-order valence-electron chi connectivity index (χ4n) is 3.41. The minimum absolute atomic E-state index is 0.525. The summed E-state index contributed by atoms with van der Waals surface area (Å²) in [6.07, 6.45) is -4.31. The lowest BCUT2D eigenvalue weighted by Crippen LogP contribution is -2.06. The van der Waals surface area contributed by atoms with Gasteiger partial charge in [-0.15, -0.1) is 0 Å². The lowest BCUT2D eigenvalue weighted by molar-refractivity contribution is -0.137. The Morgan fingerprint density at radius 3 is 2.12 bits per heavy atom. The van der Waals surface area contributed by atoms with E-state index < -0.39 is 11.7 Å². The Labute approximate surface area is 145 Å². The number of halogens is 3. The normalized spacial score (nSPS) is 12.1. The molecule has 2 N–H and O–H groups in total. The second-order valence-electron chi connectivity index (χ2n) is 6.62. The Hall–Kier alpha value is -2.43. The topological polar surface area (TPSA) is 30.9 Å². The van der Waals surface area contributed by atoms with Gasteiger partial charge in [0.2, 0.25) is 0 Å². The summed E-state index contributed by atoms with van der Waals surface area (Å²) in [6.45, 7) is 8.60. The Bertz CT molecular complexity index is 948. The fraction of sp³-hybridized carbons (Fsp3) is 0.300. The van der Waals surface area contributed by atoms with E-state index in [2.05, 4.69) is 17.6 Å². The molecule has 0 aliphatic heterocycles. The minimum atomic E-state index is -4.31. The van der Waals surface area contributed by atoms with Crippen LogP contribution >= 0.6 is 0 Å². The number of nitrogen functional groups attached to an aromatic ring is 1. The summed E-state index contributed by atoms with van der Waals surface area (Å²) < 4.78 is 40.3. The van der Waals surface area contributed by atoms with Crippen molar-refractivity contribution in [3.05, 3.63) is 63.8 Å². The number of nitrogens with zero attached hydrogens (tertiary/aromatic N) is 1. The van der Waals surface area contributed by atoms with Crippen molar-refractivity contribution in [2.24, 2.45) is 0 Å². The molecular formula is C20H21F3N2. The molecule has 0 aliphatic carbocycles. The molecule has 1 aromatic heterocycles. The van der Waals surface area contributed by atoms with E-state index in [0.717, 1.165) is 56.7 Å². The monoisotopic (exact) mass is 346 g/mol. The minimum Gasteiger partial charge on any atom is -0.398 e. The zero-order valence-electron chi connectivity index (χ0n) is 14.8. The molecule has 0 amide bonds. The van der Waals surface area contributed by atoms with Crippen LogP contribution in [0.15, 0.2) is 30.3 Å². The highest BCUT2D eigenvalue weighted by Crippen LogP contribution is 2.34. The van der Waals surface area contributed by atoms with Crippen molar-refractivity contribution in [3.8, 4) is 0 Å². The number of nitrogens with two attached hydrogens (primary N) is 1. The third-order valence-corrected chi connectivity index (χ3v) is 5.05. The highest BCUT2D eigenvalue weighted by molar-refractivity contribution is 5.93. The Balaban J connectivity index is 2.09. The Morgan fingerprint density at radius 1 is 0.960 bits per heavy atom. The van der Waals surface area contributed by atoms with Gasteiger partial charge in [-0.3, -0.25) is 0 Å². The van der Waals surface area contributed by atoms with Crippen molar-refractivity contribution in [1.29, 1.82) is 0 Å². The lowest BCUT2D eigenvalue weighted by atomic mass is 10.0. The quantitative estimate of drug-likeness (QED) is 0.608. The molecule has 0 bridgehead atoms. The zero-order chi connectivity index (χ0) is 18.5. The van der Waals surface area contributed by atoms with Crippen molar-refractivity contribution < 1.29 is 13.2 Å². The van der Waals surface area contributed by atoms with E-state index in [1.54, 1.807) is 12.1 Å². The van der Waals surface area contributed by atoms with Gasteiger partial charge in [0, 0.05) is 28.8 Å². The van der Waals surface area contributed by atoms with Crippen LogP contribution in [0.5, 0.6) is 0 Å². The van der Waals surface area contributed by atoms with Gasteiger partial charge in [0.15, 0.2) is 0 Å². The maximum atomic E-state index is 12.7. The number of benzene rings is 2. The van der Waals surface area contributed by atoms with Crippen LogP contribution in [0.1, 0.15) is 33.5 Å². The van der Waals surface area contributed by atoms with Gasteiger partial charge < -0.3 is 10.3 Å². The van der Waals surface area contributed by atoms with Gasteiger partial charge in [-0.2, -0.15) is 13.2 Å². The predicted octanol–water partition coefficient (Wildman–Crippen LogP) is 5.52. The Kier molecular flexibility index (Phi) is 4.06. The van der Waals surface area contributed by atoms with E-state index in [9.17, 15) is 13.2 Å². The summed E-state index contributed by atoms with van der Waals surface area (Å²) in [4.78, 5) is 0. The van der Waals surface area contributed by atoms with Crippen molar-refractivity contribution >= 4 is 16.6 Å². The average molecular weight is 346 g/mol. The second kappa shape index (κ2) is 5.83. The van der Waals surface area contributed by atoms with E-state index >= 15 is 0 Å². The van der Waals surface area contributed by atoms with Crippen LogP contribution in [0.25, 0.3) is 10.9 Å². The smallest absolute Gasteiger partial charge is 0.398 e. The van der Waals surface area contributed by atoms with E-state index in [1.807, 2.05) is 20.8 Å². The van der Waals surface area contributed by atoms with Gasteiger partial charge in [-0.25, -0.2) is 0 Å². The number of fused-ring (bicyclic) bond motifs is 1. The largest absolute Gasteiger partial charge is 0.416 e. The molecule has 0 radical (unpaired) electrons. The summed E-state index contributed by atoms with van der Waals surface area (Å²) >= 11 is 0. The molecule has 25 heavy (non-hydrogen) atoms. The number of hydrogen-bond donors (Lipinski definition) is 1. The average Bonchev–Trinajstić information content (AvgIpc) is 2.77. The molecule has 2 aromatic carbocycles. The first kappa shape index (κ1) is 17.4. The van der Waals surface area contributed by atoms with Crippen LogP contribution in [0.2, 0.25) is 0 Å². The third-order valence-electron chi connectivity index (χ3n) is 5.05. The highest BCUT2D eigenvalue weighted by Gasteiger charge is 2.30.